The Morgan fingerprint density at radius 1 is 1.37 bits per heavy atom. The Balaban J connectivity index is 2.32. The summed E-state index contributed by atoms with van der Waals surface area (Å²) in [5.74, 6) is 0. The Kier molecular flexibility index (Phi) is 4.34. The van der Waals surface area contributed by atoms with Gasteiger partial charge in [-0.3, -0.25) is 10.1 Å². The van der Waals surface area contributed by atoms with E-state index < -0.39 is 0 Å². The van der Waals surface area contributed by atoms with Crippen LogP contribution in [0.2, 0.25) is 0 Å². The highest BCUT2D eigenvalue weighted by Crippen LogP contribution is 2.24. The Morgan fingerprint density at radius 3 is 2.84 bits per heavy atom. The molecule has 2 N–H and O–H groups in total. The number of benzene rings is 1. The number of halogens is 1. The molecule has 5 nitrogen and oxygen atoms in total. The lowest BCUT2D eigenvalue weighted by atomic mass is 10.1. The van der Waals surface area contributed by atoms with E-state index in [1.165, 1.54) is 6.07 Å². The molecule has 2 aromatic rings. The van der Waals surface area contributed by atoms with Crippen molar-refractivity contribution in [3.63, 3.8) is 0 Å². The molecule has 6 heteroatoms. The second kappa shape index (κ2) is 5.99. The molecule has 0 spiro atoms. The molecule has 0 atom stereocenters. The zero-order chi connectivity index (χ0) is 13.8. The summed E-state index contributed by atoms with van der Waals surface area (Å²) < 4.78 is 2.70. The molecule has 2 rings (SSSR count). The molecule has 1 heterocycles. The van der Waals surface area contributed by atoms with E-state index in [2.05, 4.69) is 15.9 Å². The van der Waals surface area contributed by atoms with Gasteiger partial charge in [-0.15, -0.1) is 0 Å². The van der Waals surface area contributed by atoms with Crippen LogP contribution in [0, 0.1) is 10.1 Å². The average Bonchev–Trinajstić information content (AvgIpc) is 2.79. The molecule has 0 saturated heterocycles. The van der Waals surface area contributed by atoms with Gasteiger partial charge in [0.15, 0.2) is 0 Å². The minimum atomic E-state index is -0.355. The predicted molar refractivity (Wildman–Crippen MR) is 77.1 cm³/mol. The summed E-state index contributed by atoms with van der Waals surface area (Å²) in [5.41, 5.74) is 7.44. The third kappa shape index (κ3) is 3.21. The molecular weight excluding hydrogens is 310 g/mol. The minimum absolute atomic E-state index is 0.127. The molecule has 1 aromatic heterocycles. The van der Waals surface area contributed by atoms with Crippen LogP contribution in [0.25, 0.3) is 0 Å². The quantitative estimate of drug-likeness (QED) is 0.679. The predicted octanol–water partition coefficient (Wildman–Crippen LogP) is 2.71. The first-order chi connectivity index (χ1) is 9.11. The van der Waals surface area contributed by atoms with Gasteiger partial charge in [0.05, 0.1) is 11.5 Å². The summed E-state index contributed by atoms with van der Waals surface area (Å²) in [6.45, 7) is 1.04. The van der Waals surface area contributed by atoms with Crippen LogP contribution >= 0.6 is 15.9 Å². The largest absolute Gasteiger partial charge is 0.347 e. The smallest absolute Gasteiger partial charge is 0.275 e. The van der Waals surface area contributed by atoms with E-state index in [4.69, 9.17) is 5.73 Å². The molecule has 0 bridgehead atoms. The molecule has 0 aliphatic carbocycles. The zero-order valence-corrected chi connectivity index (χ0v) is 11.8. The fourth-order valence-corrected chi connectivity index (χ4v) is 2.35. The Morgan fingerprint density at radius 2 is 2.16 bits per heavy atom. The highest BCUT2D eigenvalue weighted by Gasteiger charge is 2.15. The first-order valence-electron chi connectivity index (χ1n) is 5.88. The van der Waals surface area contributed by atoms with Crippen LogP contribution in [-0.2, 0) is 13.0 Å². The van der Waals surface area contributed by atoms with Gasteiger partial charge in [0.1, 0.15) is 0 Å². The van der Waals surface area contributed by atoms with Gasteiger partial charge in [0.2, 0.25) is 0 Å². The number of nitrogens with zero attached hydrogens (tertiary/aromatic N) is 2. The van der Waals surface area contributed by atoms with Crippen molar-refractivity contribution in [2.75, 3.05) is 6.54 Å². The van der Waals surface area contributed by atoms with Crippen molar-refractivity contribution in [1.29, 1.82) is 0 Å². The van der Waals surface area contributed by atoms with E-state index in [9.17, 15) is 10.1 Å². The monoisotopic (exact) mass is 323 g/mol. The molecule has 0 amide bonds. The van der Waals surface area contributed by atoms with Gasteiger partial charge in [-0.05, 0) is 37.2 Å². The van der Waals surface area contributed by atoms with Crippen molar-refractivity contribution in [2.24, 2.45) is 5.73 Å². The van der Waals surface area contributed by atoms with E-state index in [0.29, 0.717) is 23.1 Å². The van der Waals surface area contributed by atoms with Gasteiger partial charge < -0.3 is 10.3 Å². The normalized spacial score (nSPS) is 10.6. The lowest BCUT2D eigenvalue weighted by Crippen LogP contribution is -2.10. The molecule has 1 aromatic carbocycles. The average molecular weight is 324 g/mol. The van der Waals surface area contributed by atoms with Gasteiger partial charge in [-0.25, -0.2) is 0 Å². The number of rotatable bonds is 5. The molecular formula is C13H14BrN3O2. The summed E-state index contributed by atoms with van der Waals surface area (Å²) in [6.07, 6.45) is 2.67. The fraction of sp³-hybridized carbons (Fsp3) is 0.231. The summed E-state index contributed by atoms with van der Waals surface area (Å²) >= 11 is 3.25. The summed E-state index contributed by atoms with van der Waals surface area (Å²) in [7, 11) is 0. The molecule has 0 radical (unpaired) electrons. The van der Waals surface area contributed by atoms with Crippen molar-refractivity contribution in [3.8, 4) is 0 Å². The highest BCUT2D eigenvalue weighted by atomic mass is 79.9. The van der Waals surface area contributed by atoms with E-state index in [0.717, 1.165) is 12.1 Å². The SMILES string of the molecule is NCCc1cccn1Cc1ccc(Br)cc1[N+](=O)[O-]. The van der Waals surface area contributed by atoms with Gasteiger partial charge >= 0.3 is 0 Å². The number of aromatic nitrogens is 1. The molecule has 0 aliphatic rings. The number of nitrogens with two attached hydrogens (primary N) is 1. The zero-order valence-electron chi connectivity index (χ0n) is 10.3. The van der Waals surface area contributed by atoms with Gasteiger partial charge in [-0.2, -0.15) is 0 Å². The lowest BCUT2D eigenvalue weighted by molar-refractivity contribution is -0.385. The number of nitro benzene ring substituents is 1. The first-order valence-corrected chi connectivity index (χ1v) is 6.68. The maximum absolute atomic E-state index is 11.1. The molecule has 100 valence electrons. The summed E-state index contributed by atoms with van der Waals surface area (Å²) in [6, 6.07) is 9.03. The van der Waals surface area contributed by atoms with E-state index in [1.807, 2.05) is 29.0 Å². The Labute approximate surface area is 119 Å². The Hall–Kier alpha value is -1.66. The molecule has 19 heavy (non-hydrogen) atoms. The van der Waals surface area contributed by atoms with Crippen LogP contribution in [0.4, 0.5) is 5.69 Å². The third-order valence-corrected chi connectivity index (χ3v) is 3.40. The van der Waals surface area contributed by atoms with Crippen molar-refractivity contribution < 1.29 is 4.92 Å². The molecule has 0 saturated carbocycles. The fourth-order valence-electron chi connectivity index (χ4n) is 2.00. The summed E-state index contributed by atoms with van der Waals surface area (Å²) in [5, 5.41) is 11.1. The molecule has 0 unspecified atom stereocenters. The van der Waals surface area contributed by atoms with Crippen LogP contribution in [0.15, 0.2) is 41.0 Å². The van der Waals surface area contributed by atoms with Crippen LogP contribution in [0.1, 0.15) is 11.3 Å². The number of nitro groups is 1. The number of hydrogen-bond donors (Lipinski definition) is 1. The van der Waals surface area contributed by atoms with Gasteiger partial charge in [-0.1, -0.05) is 15.9 Å². The van der Waals surface area contributed by atoms with Gasteiger partial charge in [0.25, 0.3) is 5.69 Å². The van der Waals surface area contributed by atoms with Crippen LogP contribution in [0.3, 0.4) is 0 Å². The minimum Gasteiger partial charge on any atom is -0.347 e. The van der Waals surface area contributed by atoms with E-state index in [1.54, 1.807) is 6.07 Å². The van der Waals surface area contributed by atoms with E-state index >= 15 is 0 Å². The third-order valence-electron chi connectivity index (χ3n) is 2.91. The van der Waals surface area contributed by atoms with Crippen molar-refractivity contribution >= 4 is 21.6 Å². The molecule has 0 fully saturated rings. The van der Waals surface area contributed by atoms with Crippen LogP contribution in [-0.4, -0.2) is 16.0 Å². The second-order valence-corrected chi connectivity index (χ2v) is 5.11. The topological polar surface area (TPSA) is 74.1 Å². The van der Waals surface area contributed by atoms with Gasteiger partial charge in [0, 0.05) is 28.0 Å². The standard InChI is InChI=1S/C13H14BrN3O2/c14-11-4-3-10(13(8-11)17(18)19)9-16-7-1-2-12(16)5-6-15/h1-4,7-8H,5-6,9,15H2. The van der Waals surface area contributed by atoms with Crippen LogP contribution < -0.4 is 5.73 Å². The molecule has 0 aliphatic heterocycles. The first kappa shape index (κ1) is 13.8. The van der Waals surface area contributed by atoms with Crippen molar-refractivity contribution in [2.45, 2.75) is 13.0 Å². The Bertz CT molecular complexity index is 595. The lowest BCUT2D eigenvalue weighted by Gasteiger charge is -2.09. The van der Waals surface area contributed by atoms with E-state index in [-0.39, 0.29) is 10.6 Å². The number of hydrogen-bond acceptors (Lipinski definition) is 3. The second-order valence-electron chi connectivity index (χ2n) is 4.20. The van der Waals surface area contributed by atoms with Crippen molar-refractivity contribution in [1.82, 2.24) is 4.57 Å². The maximum atomic E-state index is 11.1. The maximum Gasteiger partial charge on any atom is 0.275 e. The van der Waals surface area contributed by atoms with Crippen LogP contribution in [0.5, 0.6) is 0 Å². The van der Waals surface area contributed by atoms with Crippen molar-refractivity contribution in [3.05, 3.63) is 62.4 Å². The summed E-state index contributed by atoms with van der Waals surface area (Å²) in [4.78, 5) is 10.7. The highest BCUT2D eigenvalue weighted by molar-refractivity contribution is 9.10.